The number of carboxylic acids is 1. The second-order valence-corrected chi connectivity index (χ2v) is 9.12. The van der Waals surface area contributed by atoms with Gasteiger partial charge < -0.3 is 5.11 Å². The average molecular weight is 404 g/mol. The fourth-order valence-corrected chi connectivity index (χ4v) is 4.69. The Morgan fingerprint density at radius 1 is 1.18 bits per heavy atom. The molecule has 8 nitrogen and oxygen atoms in total. The third-order valence-corrected chi connectivity index (χ3v) is 6.79. The van der Waals surface area contributed by atoms with Gasteiger partial charge >= 0.3 is 5.97 Å². The van der Waals surface area contributed by atoms with E-state index >= 15 is 0 Å². The largest absolute Gasteiger partial charge is 0.478 e. The van der Waals surface area contributed by atoms with Gasteiger partial charge in [-0.15, -0.1) is 0 Å². The summed E-state index contributed by atoms with van der Waals surface area (Å²) in [4.78, 5) is 20.0. The predicted octanol–water partition coefficient (Wildman–Crippen LogP) is 2.48. The number of nitrogens with zero attached hydrogens (tertiary/aromatic N) is 4. The molecular weight excluding hydrogens is 380 g/mol. The fourth-order valence-electron chi connectivity index (χ4n) is 3.38. The first-order chi connectivity index (χ1) is 13.2. The van der Waals surface area contributed by atoms with Crippen molar-refractivity contribution < 1.29 is 18.3 Å². The molecule has 1 saturated heterocycles. The minimum absolute atomic E-state index is 0.199. The van der Waals surface area contributed by atoms with Crippen LogP contribution in [0.5, 0.6) is 0 Å². The minimum Gasteiger partial charge on any atom is -0.478 e. The fraction of sp³-hybridized carbons (Fsp3) is 0.421. The third-order valence-electron chi connectivity index (χ3n) is 4.84. The van der Waals surface area contributed by atoms with Crippen molar-refractivity contribution in [3.8, 4) is 11.3 Å². The van der Waals surface area contributed by atoms with Crippen molar-refractivity contribution in [1.29, 1.82) is 0 Å². The van der Waals surface area contributed by atoms with Crippen LogP contribution in [0, 0.1) is 6.92 Å². The highest BCUT2D eigenvalue weighted by molar-refractivity contribution is 7.86. The van der Waals surface area contributed by atoms with Crippen LogP contribution in [0.1, 0.15) is 47.2 Å². The third kappa shape index (κ3) is 4.06. The summed E-state index contributed by atoms with van der Waals surface area (Å²) >= 11 is 0. The lowest BCUT2D eigenvalue weighted by molar-refractivity contribution is 0.0697. The second kappa shape index (κ2) is 7.94. The maximum atomic E-state index is 12.8. The zero-order valence-electron chi connectivity index (χ0n) is 16.2. The first-order valence-corrected chi connectivity index (χ1v) is 10.5. The van der Waals surface area contributed by atoms with E-state index in [-0.39, 0.29) is 11.6 Å². The Bertz CT molecular complexity index is 974. The van der Waals surface area contributed by atoms with Crippen LogP contribution in [0.25, 0.3) is 11.3 Å². The van der Waals surface area contributed by atoms with Gasteiger partial charge in [-0.1, -0.05) is 18.6 Å². The number of rotatable bonds is 5. The topological polar surface area (TPSA) is 104 Å². The van der Waals surface area contributed by atoms with Gasteiger partial charge in [-0.2, -0.15) is 17.0 Å². The van der Waals surface area contributed by atoms with Gasteiger partial charge in [0.2, 0.25) is 0 Å². The average Bonchev–Trinajstić information content (AvgIpc) is 2.67. The Balaban J connectivity index is 2.01. The van der Waals surface area contributed by atoms with Gasteiger partial charge in [0.25, 0.3) is 10.2 Å². The summed E-state index contributed by atoms with van der Waals surface area (Å²) in [5.74, 6) is -0.444. The van der Waals surface area contributed by atoms with E-state index in [1.807, 2.05) is 0 Å². The quantitative estimate of drug-likeness (QED) is 0.821. The number of carbonyl (C=O) groups is 1. The molecule has 0 unspecified atom stereocenters. The summed E-state index contributed by atoms with van der Waals surface area (Å²) in [6.07, 6.45) is 2.44. The maximum absolute atomic E-state index is 12.8. The summed E-state index contributed by atoms with van der Waals surface area (Å²) in [5.41, 5.74) is 2.27. The molecule has 0 amide bonds. The molecule has 150 valence electrons. The number of aromatic carboxylic acids is 1. The molecule has 3 rings (SSSR count). The van der Waals surface area contributed by atoms with Crippen LogP contribution >= 0.6 is 0 Å². The second-order valence-electron chi connectivity index (χ2n) is 7.02. The van der Waals surface area contributed by atoms with Crippen LogP contribution in [0.4, 0.5) is 0 Å². The Labute approximate surface area is 165 Å². The van der Waals surface area contributed by atoms with Crippen LogP contribution in [0.3, 0.4) is 0 Å². The predicted molar refractivity (Wildman–Crippen MR) is 105 cm³/mol. The molecule has 0 radical (unpaired) electrons. The van der Waals surface area contributed by atoms with Crippen molar-refractivity contribution in [2.24, 2.45) is 0 Å². The Morgan fingerprint density at radius 2 is 1.86 bits per heavy atom. The van der Waals surface area contributed by atoms with Crippen LogP contribution < -0.4 is 0 Å². The lowest BCUT2D eigenvalue weighted by Crippen LogP contribution is -2.44. The molecule has 1 atom stereocenters. The molecule has 9 heteroatoms. The van der Waals surface area contributed by atoms with E-state index in [4.69, 9.17) is 5.11 Å². The molecule has 1 fully saturated rings. The van der Waals surface area contributed by atoms with Crippen LogP contribution in [-0.4, -0.2) is 58.7 Å². The first kappa shape index (κ1) is 20.4. The maximum Gasteiger partial charge on any atom is 0.335 e. The zero-order chi connectivity index (χ0) is 20.5. The van der Waals surface area contributed by atoms with Gasteiger partial charge in [0.05, 0.1) is 23.0 Å². The highest BCUT2D eigenvalue weighted by Crippen LogP contribution is 2.34. The van der Waals surface area contributed by atoms with Gasteiger partial charge in [-0.3, -0.25) is 0 Å². The molecule has 0 aliphatic carbocycles. The molecule has 0 saturated carbocycles. The lowest BCUT2D eigenvalue weighted by atomic mass is 10.00. The van der Waals surface area contributed by atoms with E-state index < -0.39 is 16.2 Å². The molecule has 1 aliphatic rings. The number of piperidine rings is 1. The monoisotopic (exact) mass is 404 g/mol. The number of hydrogen-bond acceptors (Lipinski definition) is 5. The summed E-state index contributed by atoms with van der Waals surface area (Å²) in [7, 11) is -0.503. The van der Waals surface area contributed by atoms with E-state index in [1.54, 1.807) is 25.1 Å². The molecule has 1 aromatic heterocycles. The summed E-state index contributed by atoms with van der Waals surface area (Å²) in [6, 6.07) is 7.90. The van der Waals surface area contributed by atoms with Gasteiger partial charge in [0, 0.05) is 26.2 Å². The van der Waals surface area contributed by atoms with Crippen molar-refractivity contribution in [3.05, 3.63) is 47.4 Å². The van der Waals surface area contributed by atoms with Gasteiger partial charge in [-0.05, 0) is 38.0 Å². The standard InChI is InChI=1S/C19H24N4O4S/c1-13-20-16(14-7-9-15(10-8-14)19(24)25)12-17(21-13)18-6-4-5-11-23(18)28(26,27)22(2)3/h7-10,12,18H,4-6,11H2,1-3H3,(H,24,25)/t18-/m0/s1. The summed E-state index contributed by atoms with van der Waals surface area (Å²) in [5, 5.41) is 9.06. The highest BCUT2D eigenvalue weighted by Gasteiger charge is 2.35. The van der Waals surface area contributed by atoms with Crippen molar-refractivity contribution in [1.82, 2.24) is 18.6 Å². The molecule has 2 aromatic rings. The van der Waals surface area contributed by atoms with Crippen molar-refractivity contribution in [3.63, 3.8) is 0 Å². The number of benzene rings is 1. The molecule has 2 heterocycles. The number of aromatic nitrogens is 2. The molecule has 1 N–H and O–H groups in total. The van der Waals surface area contributed by atoms with Crippen molar-refractivity contribution in [2.75, 3.05) is 20.6 Å². The van der Waals surface area contributed by atoms with E-state index in [0.717, 1.165) is 18.4 Å². The Kier molecular flexibility index (Phi) is 5.78. The molecule has 1 aromatic carbocycles. The summed E-state index contributed by atoms with van der Waals surface area (Å²) < 4.78 is 28.3. The molecule has 1 aliphatic heterocycles. The lowest BCUT2D eigenvalue weighted by Gasteiger charge is -2.36. The molecule has 0 bridgehead atoms. The molecule has 0 spiro atoms. The highest BCUT2D eigenvalue weighted by atomic mass is 32.2. The van der Waals surface area contributed by atoms with Gasteiger partial charge in [0.15, 0.2) is 0 Å². The number of carboxylic acid groups (broad SMARTS) is 1. The van der Waals surface area contributed by atoms with Crippen molar-refractivity contribution in [2.45, 2.75) is 32.2 Å². The normalized spacial score (nSPS) is 18.4. The number of aryl methyl sites for hydroxylation is 1. The summed E-state index contributed by atoms with van der Waals surface area (Å²) in [6.45, 7) is 2.23. The van der Waals surface area contributed by atoms with E-state index in [0.29, 0.717) is 30.2 Å². The van der Waals surface area contributed by atoms with Crippen LogP contribution in [0.15, 0.2) is 30.3 Å². The van der Waals surface area contributed by atoms with E-state index in [2.05, 4.69) is 9.97 Å². The zero-order valence-corrected chi connectivity index (χ0v) is 17.0. The van der Waals surface area contributed by atoms with E-state index in [1.165, 1.54) is 34.8 Å². The Hall–Kier alpha value is -2.36. The first-order valence-electron chi connectivity index (χ1n) is 9.09. The van der Waals surface area contributed by atoms with Gasteiger partial charge in [-0.25, -0.2) is 14.8 Å². The SMILES string of the molecule is Cc1nc(-c2ccc(C(=O)O)cc2)cc([C@@H]2CCCCN2S(=O)(=O)N(C)C)n1. The Morgan fingerprint density at radius 3 is 2.46 bits per heavy atom. The van der Waals surface area contributed by atoms with Crippen LogP contribution in [-0.2, 0) is 10.2 Å². The smallest absolute Gasteiger partial charge is 0.335 e. The van der Waals surface area contributed by atoms with E-state index in [9.17, 15) is 13.2 Å². The minimum atomic E-state index is -3.56. The van der Waals surface area contributed by atoms with Gasteiger partial charge in [0.1, 0.15) is 5.82 Å². The molecular formula is C19H24N4O4S. The van der Waals surface area contributed by atoms with Crippen molar-refractivity contribution >= 4 is 16.2 Å². The molecule has 28 heavy (non-hydrogen) atoms. The van der Waals surface area contributed by atoms with Crippen LogP contribution in [0.2, 0.25) is 0 Å². The number of hydrogen-bond donors (Lipinski definition) is 1.